The maximum Gasteiger partial charge on any atom is 0.318 e. The molecule has 2 aromatic carbocycles. The molecule has 2 atom stereocenters. The molecule has 0 spiro atoms. The highest BCUT2D eigenvalue weighted by molar-refractivity contribution is 6.09. The Hall–Kier alpha value is -3.47. The molecule has 1 aliphatic carbocycles. The molecule has 1 aromatic heterocycles. The van der Waals surface area contributed by atoms with Crippen LogP contribution in [-0.4, -0.2) is 93.5 Å². The third-order valence-corrected chi connectivity index (χ3v) is 8.25. The minimum atomic E-state index is -0.686. The normalized spacial score (nSPS) is 21.6. The zero-order valence-corrected chi connectivity index (χ0v) is 23.3. The fraction of sp³-hybridized carbons (Fsp3) is 0.500. The minimum absolute atomic E-state index is 0.0392. The molecule has 3 heterocycles. The van der Waals surface area contributed by atoms with Gasteiger partial charge in [0.2, 0.25) is 0 Å². The van der Waals surface area contributed by atoms with E-state index in [1.54, 1.807) is 11.0 Å². The first kappa shape index (κ1) is 26.7. The van der Waals surface area contributed by atoms with Gasteiger partial charge in [0.25, 0.3) is 5.91 Å². The van der Waals surface area contributed by atoms with Gasteiger partial charge in [-0.15, -0.1) is 0 Å². The van der Waals surface area contributed by atoms with Crippen LogP contribution >= 0.6 is 0 Å². The first-order valence-corrected chi connectivity index (χ1v) is 13.9. The van der Waals surface area contributed by atoms with Crippen LogP contribution in [0.5, 0.6) is 11.8 Å². The molecule has 40 heavy (non-hydrogen) atoms. The first-order valence-electron chi connectivity index (χ1n) is 13.9. The van der Waals surface area contributed by atoms with E-state index in [2.05, 4.69) is 19.0 Å². The molecule has 10 heteroatoms. The number of carbonyl (C=O) groups is 1. The molecule has 3 N–H and O–H groups in total. The summed E-state index contributed by atoms with van der Waals surface area (Å²) in [4.78, 5) is 29.2. The Morgan fingerprint density at radius 1 is 1.12 bits per heavy atom. The van der Waals surface area contributed by atoms with Gasteiger partial charge in [-0.3, -0.25) is 4.79 Å². The van der Waals surface area contributed by atoms with Gasteiger partial charge in [-0.1, -0.05) is 18.2 Å². The van der Waals surface area contributed by atoms with Gasteiger partial charge in [-0.25, -0.2) is 0 Å². The Balaban J connectivity index is 1.33. The van der Waals surface area contributed by atoms with Gasteiger partial charge in [0.1, 0.15) is 11.6 Å². The summed E-state index contributed by atoms with van der Waals surface area (Å²) in [7, 11) is 4.11. The number of aromatic nitrogens is 2. The van der Waals surface area contributed by atoms with E-state index in [1.165, 1.54) is 6.07 Å². The monoisotopic (exact) mass is 547 g/mol. The number of aryl methyl sites for hydroxylation is 1. The summed E-state index contributed by atoms with van der Waals surface area (Å²) in [6, 6.07) is 9.20. The zero-order valence-electron chi connectivity index (χ0n) is 23.3. The van der Waals surface area contributed by atoms with Crippen molar-refractivity contribution in [3.05, 3.63) is 52.7 Å². The molecule has 2 fully saturated rings. The van der Waals surface area contributed by atoms with Crippen molar-refractivity contribution >= 4 is 22.5 Å². The number of phenolic OH excluding ortho intramolecular Hbond substituents is 1. The van der Waals surface area contributed by atoms with Gasteiger partial charge in [0.05, 0.1) is 43.2 Å². The van der Waals surface area contributed by atoms with E-state index in [1.807, 2.05) is 30.0 Å². The second kappa shape index (κ2) is 10.2. The number of amides is 1. The summed E-state index contributed by atoms with van der Waals surface area (Å²) in [5.74, 6) is 0.420. The number of aliphatic hydroxyl groups excluding tert-OH is 2. The maximum absolute atomic E-state index is 13.9. The minimum Gasteiger partial charge on any atom is -0.508 e. The molecule has 3 aliphatic rings. The predicted octanol–water partition coefficient (Wildman–Crippen LogP) is 2.45. The van der Waals surface area contributed by atoms with E-state index in [4.69, 9.17) is 14.7 Å². The van der Waals surface area contributed by atoms with E-state index in [0.29, 0.717) is 43.2 Å². The quantitative estimate of drug-likeness (QED) is 0.409. The molecule has 6 rings (SSSR count). The number of hydrogen-bond acceptors (Lipinski definition) is 9. The standard InChI is InChI=1S/C30H37N5O5/c1-18-5-4-6-19-9-20(36)11-23(26(18)19)28(39)35-14-24-25(15-35)31-29(40-17-30(7-8-30)16-33(2)3)32-27(24)34-12-21(37)10-22(38)13-34/h4-6,9,11,21-22,36-38H,7-8,10,12-17H2,1-3H3. The number of anilines is 1. The number of nitrogens with zero attached hydrogens (tertiary/aromatic N) is 5. The number of aliphatic hydroxyl groups is 2. The number of aromatic hydroxyl groups is 1. The molecule has 3 aromatic rings. The largest absolute Gasteiger partial charge is 0.508 e. The van der Waals surface area contributed by atoms with Crippen LogP contribution in [0.3, 0.4) is 0 Å². The van der Waals surface area contributed by atoms with E-state index < -0.39 is 12.2 Å². The second-order valence-electron chi connectivity index (χ2n) is 12.1. The van der Waals surface area contributed by atoms with Gasteiger partial charge < -0.3 is 34.8 Å². The molecule has 212 valence electrons. The van der Waals surface area contributed by atoms with Crippen LogP contribution in [0.25, 0.3) is 10.8 Å². The molecular formula is C30H37N5O5. The number of rotatable bonds is 7. The van der Waals surface area contributed by atoms with E-state index in [-0.39, 0.29) is 36.2 Å². The summed E-state index contributed by atoms with van der Waals surface area (Å²) in [6.07, 6.45) is 1.12. The lowest BCUT2D eigenvalue weighted by molar-refractivity contribution is 0.0644. The lowest BCUT2D eigenvalue weighted by Crippen LogP contribution is -2.46. The second-order valence-corrected chi connectivity index (χ2v) is 12.1. The molecule has 1 amide bonds. The highest BCUT2D eigenvalue weighted by Gasteiger charge is 2.44. The lowest BCUT2D eigenvalue weighted by atomic mass is 9.98. The van der Waals surface area contributed by atoms with Crippen molar-refractivity contribution in [2.45, 2.75) is 51.5 Å². The number of piperidine rings is 1. The Morgan fingerprint density at radius 2 is 1.88 bits per heavy atom. The summed E-state index contributed by atoms with van der Waals surface area (Å²) < 4.78 is 6.18. The summed E-state index contributed by atoms with van der Waals surface area (Å²) >= 11 is 0. The average Bonchev–Trinajstić information content (AvgIpc) is 3.50. The number of β-amino-alcohol motifs (C(OH)–C–C–N with tert-alkyl or cyclic N) is 2. The lowest BCUT2D eigenvalue weighted by Gasteiger charge is -2.35. The summed E-state index contributed by atoms with van der Waals surface area (Å²) in [5, 5.41) is 32.8. The SMILES string of the molecule is Cc1cccc2cc(O)cc(C(=O)N3Cc4nc(OCC5(CN(C)C)CC5)nc(N5CC(O)CC(O)C5)c4C3)c12. The summed E-state index contributed by atoms with van der Waals surface area (Å²) in [5.41, 5.74) is 2.98. The van der Waals surface area contributed by atoms with Gasteiger partial charge >= 0.3 is 6.01 Å². The third kappa shape index (κ3) is 5.18. The third-order valence-electron chi connectivity index (χ3n) is 8.25. The van der Waals surface area contributed by atoms with Crippen LogP contribution in [-0.2, 0) is 13.1 Å². The molecule has 0 bridgehead atoms. The number of hydrogen-bond donors (Lipinski definition) is 3. The Labute approximate surface area is 233 Å². The van der Waals surface area contributed by atoms with Crippen molar-refractivity contribution in [2.24, 2.45) is 5.41 Å². The van der Waals surface area contributed by atoms with Crippen molar-refractivity contribution in [1.82, 2.24) is 19.8 Å². The zero-order chi connectivity index (χ0) is 28.2. The first-order chi connectivity index (χ1) is 19.1. The van der Waals surface area contributed by atoms with E-state index in [0.717, 1.165) is 41.3 Å². The van der Waals surface area contributed by atoms with Crippen molar-refractivity contribution in [2.75, 3.05) is 45.2 Å². The molecule has 2 aliphatic heterocycles. The Morgan fingerprint density at radius 3 is 2.58 bits per heavy atom. The van der Waals surface area contributed by atoms with Crippen molar-refractivity contribution in [3.8, 4) is 11.8 Å². The van der Waals surface area contributed by atoms with Gasteiger partial charge in [0.15, 0.2) is 0 Å². The molecule has 1 saturated carbocycles. The van der Waals surface area contributed by atoms with Crippen LogP contribution in [0.2, 0.25) is 0 Å². The highest BCUT2D eigenvalue weighted by atomic mass is 16.5. The number of ether oxygens (including phenoxy) is 1. The van der Waals surface area contributed by atoms with Gasteiger partial charge in [0, 0.05) is 37.0 Å². The van der Waals surface area contributed by atoms with Crippen LogP contribution in [0.1, 0.15) is 46.4 Å². The van der Waals surface area contributed by atoms with Gasteiger partial charge in [-0.2, -0.15) is 9.97 Å². The van der Waals surface area contributed by atoms with Crippen molar-refractivity contribution < 1.29 is 24.9 Å². The molecule has 0 radical (unpaired) electrons. The van der Waals surface area contributed by atoms with Crippen molar-refractivity contribution in [1.29, 1.82) is 0 Å². The molecule has 2 unspecified atom stereocenters. The molecule has 10 nitrogen and oxygen atoms in total. The van der Waals surface area contributed by atoms with E-state index in [9.17, 15) is 20.1 Å². The molecular weight excluding hydrogens is 510 g/mol. The van der Waals surface area contributed by atoms with Crippen LogP contribution in [0, 0.1) is 12.3 Å². The Kier molecular flexibility index (Phi) is 6.80. The van der Waals surface area contributed by atoms with E-state index >= 15 is 0 Å². The van der Waals surface area contributed by atoms with Crippen molar-refractivity contribution in [3.63, 3.8) is 0 Å². The van der Waals surface area contributed by atoms with Crippen LogP contribution in [0.15, 0.2) is 30.3 Å². The Bertz CT molecular complexity index is 1450. The topological polar surface area (TPSA) is 122 Å². The predicted molar refractivity (Wildman–Crippen MR) is 151 cm³/mol. The van der Waals surface area contributed by atoms with Crippen LogP contribution in [0.4, 0.5) is 5.82 Å². The highest BCUT2D eigenvalue weighted by Crippen LogP contribution is 2.46. The number of benzene rings is 2. The number of fused-ring (bicyclic) bond motifs is 2. The van der Waals surface area contributed by atoms with Gasteiger partial charge in [-0.05, 0) is 62.3 Å². The van der Waals surface area contributed by atoms with Crippen LogP contribution < -0.4 is 9.64 Å². The summed E-state index contributed by atoms with van der Waals surface area (Å²) in [6.45, 7) is 4.59. The fourth-order valence-corrected chi connectivity index (χ4v) is 6.26. The fourth-order valence-electron chi connectivity index (χ4n) is 6.26. The maximum atomic E-state index is 13.9. The average molecular weight is 548 g/mol. The number of carbonyl (C=O) groups excluding carboxylic acids is 1. The molecule has 1 saturated heterocycles. The smallest absolute Gasteiger partial charge is 0.318 e. The number of phenols is 1.